The fourth-order valence-electron chi connectivity index (χ4n) is 2.48. The van der Waals surface area contributed by atoms with E-state index in [1.54, 1.807) is 0 Å². The van der Waals surface area contributed by atoms with Crippen molar-refractivity contribution in [2.24, 2.45) is 0 Å². The van der Waals surface area contributed by atoms with Crippen LogP contribution in [0.3, 0.4) is 0 Å². The molecule has 3 rings (SSSR count). The number of fused-ring (bicyclic) bond motifs is 1. The van der Waals surface area contributed by atoms with Crippen molar-refractivity contribution in [2.75, 3.05) is 0 Å². The normalized spacial score (nSPS) is 13.0. The van der Waals surface area contributed by atoms with Gasteiger partial charge in [-0.2, -0.15) is 15.5 Å². The molecule has 98 valence electrons. The van der Waals surface area contributed by atoms with E-state index in [9.17, 15) is 0 Å². The Balaban J connectivity index is 2.03. The third-order valence-corrected chi connectivity index (χ3v) is 3.69. The first-order valence-electron chi connectivity index (χ1n) is 6.74. The highest BCUT2D eigenvalue weighted by atomic mass is 15.1. The maximum absolute atomic E-state index is 9.17. The van der Waals surface area contributed by atoms with Crippen LogP contribution in [-0.2, 0) is 6.42 Å². The van der Waals surface area contributed by atoms with Gasteiger partial charge in [-0.1, -0.05) is 26.0 Å². The van der Waals surface area contributed by atoms with Gasteiger partial charge in [-0.25, -0.2) is 0 Å². The molecule has 0 N–H and O–H groups in total. The summed E-state index contributed by atoms with van der Waals surface area (Å²) in [7, 11) is 0. The molecule has 0 aliphatic heterocycles. The Bertz CT molecular complexity index is 736. The Morgan fingerprint density at radius 1 is 1.30 bits per heavy atom. The molecule has 0 radical (unpaired) electrons. The lowest BCUT2D eigenvalue weighted by molar-refractivity contribution is 0.837. The Kier molecular flexibility index (Phi) is 3.08. The largest absolute Gasteiger partial charge is 0.192 e. The van der Waals surface area contributed by atoms with E-state index >= 15 is 0 Å². The summed E-state index contributed by atoms with van der Waals surface area (Å²) in [5, 5.41) is 17.5. The topological polar surface area (TPSA) is 49.6 Å². The fourth-order valence-corrected chi connectivity index (χ4v) is 2.48. The monoisotopic (exact) mass is 261 g/mol. The average molecular weight is 261 g/mol. The van der Waals surface area contributed by atoms with Crippen LogP contribution in [-0.4, -0.2) is 10.2 Å². The zero-order chi connectivity index (χ0) is 14.1. The minimum absolute atomic E-state index is 0.434. The molecule has 20 heavy (non-hydrogen) atoms. The van der Waals surface area contributed by atoms with Gasteiger partial charge in [0, 0.05) is 6.42 Å². The van der Waals surface area contributed by atoms with Gasteiger partial charge >= 0.3 is 0 Å². The van der Waals surface area contributed by atoms with Crippen molar-refractivity contribution >= 4 is 11.6 Å². The van der Waals surface area contributed by atoms with Crippen LogP contribution >= 0.6 is 0 Å². The van der Waals surface area contributed by atoms with E-state index < -0.39 is 0 Å². The van der Waals surface area contributed by atoms with Crippen LogP contribution in [0.25, 0.3) is 11.6 Å². The highest BCUT2D eigenvalue weighted by molar-refractivity contribution is 5.89. The van der Waals surface area contributed by atoms with Gasteiger partial charge in [0.25, 0.3) is 0 Å². The minimum atomic E-state index is 0.434. The second-order valence-corrected chi connectivity index (χ2v) is 5.37. The van der Waals surface area contributed by atoms with E-state index in [2.05, 4.69) is 48.3 Å². The molecule has 1 heterocycles. The van der Waals surface area contributed by atoms with Gasteiger partial charge in [-0.3, -0.25) is 0 Å². The van der Waals surface area contributed by atoms with Crippen LogP contribution < -0.4 is 0 Å². The average Bonchev–Trinajstić information content (AvgIpc) is 2.91. The molecule has 0 atom stereocenters. The molecule has 0 bridgehead atoms. The van der Waals surface area contributed by atoms with Crippen LogP contribution in [0.15, 0.2) is 30.5 Å². The Labute approximate surface area is 118 Å². The maximum Gasteiger partial charge on any atom is 0.0998 e. The third kappa shape index (κ3) is 2.10. The Hall–Kier alpha value is -2.47. The maximum atomic E-state index is 9.17. The molecule has 1 aliphatic rings. The second-order valence-electron chi connectivity index (χ2n) is 5.37. The summed E-state index contributed by atoms with van der Waals surface area (Å²) in [6.07, 6.45) is 4.71. The predicted molar refractivity (Wildman–Crippen MR) is 78.9 cm³/mol. The van der Waals surface area contributed by atoms with Crippen LogP contribution in [0.5, 0.6) is 0 Å². The summed E-state index contributed by atoms with van der Waals surface area (Å²) in [5.41, 5.74) is 6.18. The van der Waals surface area contributed by atoms with Crippen LogP contribution in [0, 0.1) is 11.3 Å². The lowest BCUT2D eigenvalue weighted by Crippen LogP contribution is -1.97. The smallest absolute Gasteiger partial charge is 0.0998 e. The molecule has 0 amide bonds. The molecule has 1 aromatic carbocycles. The molecule has 2 aromatic rings. The minimum Gasteiger partial charge on any atom is -0.192 e. The first-order valence-corrected chi connectivity index (χ1v) is 6.74. The molecule has 0 fully saturated rings. The van der Waals surface area contributed by atoms with Gasteiger partial charge in [-0.15, -0.1) is 0 Å². The second kappa shape index (κ2) is 4.90. The molecular formula is C17H15N3. The van der Waals surface area contributed by atoms with Crippen molar-refractivity contribution in [3.8, 4) is 6.07 Å². The molecule has 0 saturated heterocycles. The Morgan fingerprint density at radius 3 is 2.90 bits per heavy atom. The predicted octanol–water partition coefficient (Wildman–Crippen LogP) is 3.57. The highest BCUT2D eigenvalue weighted by Gasteiger charge is 2.18. The van der Waals surface area contributed by atoms with E-state index in [0.717, 1.165) is 28.8 Å². The first-order chi connectivity index (χ1) is 9.69. The first kappa shape index (κ1) is 12.6. The van der Waals surface area contributed by atoms with Crippen LogP contribution in [0.1, 0.15) is 47.7 Å². The van der Waals surface area contributed by atoms with E-state index in [1.807, 2.05) is 18.3 Å². The standard InChI is InChI=1S/C17H15N3/c1-11(2)15-8-17(20-19-10-15)14-6-12-4-3-5-13(9-18)16(12)7-14/h3-5,7-8,10-11H,6H2,1-2H3. The number of hydrogen-bond acceptors (Lipinski definition) is 3. The lowest BCUT2D eigenvalue weighted by atomic mass is 10.0. The third-order valence-electron chi connectivity index (χ3n) is 3.69. The molecule has 0 unspecified atom stereocenters. The molecule has 1 aliphatic carbocycles. The van der Waals surface area contributed by atoms with Gasteiger partial charge in [0.15, 0.2) is 0 Å². The summed E-state index contributed by atoms with van der Waals surface area (Å²) in [6.45, 7) is 4.29. The number of allylic oxidation sites excluding steroid dienone is 1. The number of hydrogen-bond donors (Lipinski definition) is 0. The summed E-state index contributed by atoms with van der Waals surface area (Å²) >= 11 is 0. The zero-order valence-corrected chi connectivity index (χ0v) is 11.6. The van der Waals surface area contributed by atoms with E-state index in [4.69, 9.17) is 5.26 Å². The summed E-state index contributed by atoms with van der Waals surface area (Å²) in [4.78, 5) is 0. The molecular weight excluding hydrogens is 246 g/mol. The van der Waals surface area contributed by atoms with Crippen molar-refractivity contribution < 1.29 is 0 Å². The van der Waals surface area contributed by atoms with Gasteiger partial charge in [0.05, 0.1) is 23.5 Å². The summed E-state index contributed by atoms with van der Waals surface area (Å²) < 4.78 is 0. The van der Waals surface area contributed by atoms with Crippen molar-refractivity contribution in [1.82, 2.24) is 10.2 Å². The SMILES string of the molecule is CC(C)c1cnnc(C2=Cc3c(C#N)cccc3C2)c1. The zero-order valence-electron chi connectivity index (χ0n) is 11.6. The molecule has 0 saturated carbocycles. The van der Waals surface area contributed by atoms with Gasteiger partial charge in [0.2, 0.25) is 0 Å². The van der Waals surface area contributed by atoms with Crippen molar-refractivity contribution in [3.05, 3.63) is 58.4 Å². The van der Waals surface area contributed by atoms with E-state index in [0.29, 0.717) is 5.92 Å². The van der Waals surface area contributed by atoms with Crippen molar-refractivity contribution in [3.63, 3.8) is 0 Å². The summed E-state index contributed by atoms with van der Waals surface area (Å²) in [5.74, 6) is 0.434. The quantitative estimate of drug-likeness (QED) is 0.830. The molecule has 0 spiro atoms. The van der Waals surface area contributed by atoms with Crippen LogP contribution in [0.2, 0.25) is 0 Å². The van der Waals surface area contributed by atoms with Crippen molar-refractivity contribution in [2.45, 2.75) is 26.2 Å². The number of rotatable bonds is 2. The van der Waals surface area contributed by atoms with Gasteiger partial charge in [0.1, 0.15) is 0 Å². The molecule has 3 nitrogen and oxygen atoms in total. The van der Waals surface area contributed by atoms with E-state index in [1.165, 1.54) is 11.1 Å². The highest BCUT2D eigenvalue weighted by Crippen LogP contribution is 2.33. The number of nitrogens with zero attached hydrogens (tertiary/aromatic N) is 3. The van der Waals surface area contributed by atoms with Crippen molar-refractivity contribution in [1.29, 1.82) is 5.26 Å². The summed E-state index contributed by atoms with van der Waals surface area (Å²) in [6, 6.07) is 10.2. The van der Waals surface area contributed by atoms with Crippen LogP contribution in [0.4, 0.5) is 0 Å². The number of aromatic nitrogens is 2. The number of nitriles is 1. The van der Waals surface area contributed by atoms with E-state index in [-0.39, 0.29) is 0 Å². The van der Waals surface area contributed by atoms with Gasteiger partial charge in [-0.05, 0) is 46.4 Å². The van der Waals surface area contributed by atoms with Gasteiger partial charge < -0.3 is 0 Å². The lowest BCUT2D eigenvalue weighted by Gasteiger charge is -2.06. The molecule has 3 heteroatoms. The Morgan fingerprint density at radius 2 is 2.15 bits per heavy atom. The fraction of sp³-hybridized carbons (Fsp3) is 0.235. The number of benzene rings is 1. The molecule has 1 aromatic heterocycles.